The van der Waals surface area contributed by atoms with E-state index < -0.39 is 0 Å². The Hall–Kier alpha value is -7.30. The highest BCUT2D eigenvalue weighted by atomic mass is 16.3. The summed E-state index contributed by atoms with van der Waals surface area (Å²) in [6, 6.07) is 50.3. The van der Waals surface area contributed by atoms with Gasteiger partial charge in [0.1, 0.15) is 5.58 Å². The summed E-state index contributed by atoms with van der Waals surface area (Å²) in [5.41, 5.74) is 10.3. The summed E-state index contributed by atoms with van der Waals surface area (Å²) >= 11 is 0. The highest BCUT2D eigenvalue weighted by Crippen LogP contribution is 2.38. The largest absolute Gasteiger partial charge is 0.438 e. The number of nitriles is 1. The molecule has 0 fully saturated rings. The molecule has 0 N–H and O–H groups in total. The van der Waals surface area contributed by atoms with Gasteiger partial charge in [-0.05, 0) is 64.7 Å². The van der Waals surface area contributed by atoms with Crippen molar-refractivity contribution in [3.8, 4) is 73.7 Å². The van der Waals surface area contributed by atoms with Gasteiger partial charge in [-0.1, -0.05) is 103 Å². The Bertz CT molecular complexity index is 2730. The van der Waals surface area contributed by atoms with Crippen molar-refractivity contribution >= 4 is 22.1 Å². The number of aromatic nitrogens is 5. The van der Waals surface area contributed by atoms with E-state index in [0.29, 0.717) is 34.3 Å². The van der Waals surface area contributed by atoms with Crippen molar-refractivity contribution in [2.24, 2.45) is 0 Å². The SMILES string of the molecule is N#Cc1cccc(-c2ccc(-c3nc(-c4ccccc4)nc(-c4ccc5c(c4)oc4nccc(-c6ccc(-c7ccccc7)cc6)c45)n3)cn2)c1. The van der Waals surface area contributed by atoms with Gasteiger partial charge in [-0.15, -0.1) is 0 Å². The van der Waals surface area contributed by atoms with E-state index in [1.165, 1.54) is 5.56 Å². The Morgan fingerprint density at radius 1 is 0.490 bits per heavy atom. The molecule has 5 aromatic carbocycles. The van der Waals surface area contributed by atoms with Gasteiger partial charge < -0.3 is 4.42 Å². The van der Waals surface area contributed by atoms with Crippen molar-refractivity contribution in [1.29, 1.82) is 5.26 Å². The summed E-state index contributed by atoms with van der Waals surface area (Å²) in [5.74, 6) is 1.56. The van der Waals surface area contributed by atoms with Crippen LogP contribution < -0.4 is 0 Å². The molecule has 0 atom stereocenters. The molecule has 0 aliphatic carbocycles. The van der Waals surface area contributed by atoms with Gasteiger partial charge in [-0.25, -0.2) is 19.9 Å². The molecule has 51 heavy (non-hydrogen) atoms. The molecule has 0 unspecified atom stereocenters. The third-order valence-electron chi connectivity index (χ3n) is 8.91. The lowest BCUT2D eigenvalue weighted by Crippen LogP contribution is -2.00. The third kappa shape index (κ3) is 5.67. The van der Waals surface area contributed by atoms with Gasteiger partial charge in [0.15, 0.2) is 17.5 Å². The number of rotatable bonds is 6. The predicted molar refractivity (Wildman–Crippen MR) is 200 cm³/mol. The van der Waals surface area contributed by atoms with E-state index in [-0.39, 0.29) is 0 Å². The maximum Gasteiger partial charge on any atom is 0.227 e. The van der Waals surface area contributed by atoms with Crippen molar-refractivity contribution in [3.63, 3.8) is 0 Å². The first-order chi connectivity index (χ1) is 25.2. The second-order valence-electron chi connectivity index (χ2n) is 12.1. The fourth-order valence-electron chi connectivity index (χ4n) is 6.35. The number of furan rings is 1. The average Bonchev–Trinajstić information content (AvgIpc) is 3.60. The number of pyridine rings is 2. The van der Waals surface area contributed by atoms with Crippen molar-refractivity contribution in [2.75, 3.05) is 0 Å². The molecular formula is C44H26N6O. The van der Waals surface area contributed by atoms with E-state index in [2.05, 4.69) is 65.7 Å². The number of hydrogen-bond acceptors (Lipinski definition) is 7. The molecule has 0 saturated carbocycles. The molecule has 0 aliphatic rings. The molecule has 7 heteroatoms. The van der Waals surface area contributed by atoms with E-state index in [9.17, 15) is 5.26 Å². The van der Waals surface area contributed by atoms with Gasteiger partial charge in [0.2, 0.25) is 5.71 Å². The van der Waals surface area contributed by atoms with Crippen LogP contribution in [-0.2, 0) is 0 Å². The smallest absolute Gasteiger partial charge is 0.227 e. The van der Waals surface area contributed by atoms with Gasteiger partial charge in [-0.3, -0.25) is 4.98 Å². The molecule has 0 spiro atoms. The minimum atomic E-state index is 0.497. The lowest BCUT2D eigenvalue weighted by molar-refractivity contribution is 0.654. The second kappa shape index (κ2) is 12.6. The maximum absolute atomic E-state index is 9.34. The van der Waals surface area contributed by atoms with Crippen LogP contribution in [0.3, 0.4) is 0 Å². The minimum absolute atomic E-state index is 0.497. The second-order valence-corrected chi connectivity index (χ2v) is 12.1. The summed E-state index contributed by atoms with van der Waals surface area (Å²) in [6.07, 6.45) is 3.54. The highest BCUT2D eigenvalue weighted by Gasteiger charge is 2.17. The van der Waals surface area contributed by atoms with Crippen LogP contribution >= 0.6 is 0 Å². The predicted octanol–water partition coefficient (Wildman–Crippen LogP) is 10.4. The lowest BCUT2D eigenvalue weighted by Gasteiger charge is -2.09. The Kier molecular flexibility index (Phi) is 7.38. The lowest BCUT2D eigenvalue weighted by atomic mass is 9.98. The fraction of sp³-hybridized carbons (Fsp3) is 0. The van der Waals surface area contributed by atoms with Crippen molar-refractivity contribution in [2.45, 2.75) is 0 Å². The molecule has 4 heterocycles. The molecule has 7 nitrogen and oxygen atoms in total. The molecule has 9 aromatic rings. The Labute approximate surface area is 293 Å². The average molecular weight is 655 g/mol. The molecule has 9 rings (SSSR count). The minimum Gasteiger partial charge on any atom is -0.438 e. The van der Waals surface area contributed by atoms with E-state index in [1.54, 1.807) is 18.5 Å². The van der Waals surface area contributed by atoms with Crippen LogP contribution in [0, 0.1) is 11.3 Å². The number of fused-ring (bicyclic) bond motifs is 3. The number of hydrogen-bond donors (Lipinski definition) is 0. The standard InChI is InChI=1S/C44H26N6O/c45-26-28-8-7-13-33(24-28)38-21-19-35(27-47-38)43-49-41(32-11-5-2-6-12-32)48-42(50-43)34-18-20-37-39(25-34)51-44-40(37)36(22-23-46-44)31-16-14-30(15-17-31)29-9-3-1-4-10-29/h1-25,27H. The highest BCUT2D eigenvalue weighted by molar-refractivity contribution is 6.11. The quantitative estimate of drug-likeness (QED) is 0.176. The van der Waals surface area contributed by atoms with Crippen LogP contribution in [-0.4, -0.2) is 24.9 Å². The molecule has 4 aromatic heterocycles. The summed E-state index contributed by atoms with van der Waals surface area (Å²) in [5, 5.41) is 11.3. The summed E-state index contributed by atoms with van der Waals surface area (Å²) < 4.78 is 6.36. The maximum atomic E-state index is 9.34. The third-order valence-corrected chi connectivity index (χ3v) is 8.91. The van der Waals surface area contributed by atoms with Crippen LogP contribution in [0.2, 0.25) is 0 Å². The monoisotopic (exact) mass is 654 g/mol. The first-order valence-corrected chi connectivity index (χ1v) is 16.5. The summed E-state index contributed by atoms with van der Waals surface area (Å²) in [6.45, 7) is 0. The molecule has 0 aliphatic heterocycles. The van der Waals surface area contributed by atoms with E-state index >= 15 is 0 Å². The Morgan fingerprint density at radius 3 is 1.84 bits per heavy atom. The van der Waals surface area contributed by atoms with Crippen molar-refractivity contribution in [1.82, 2.24) is 24.9 Å². The molecule has 238 valence electrons. The van der Waals surface area contributed by atoms with E-state index in [0.717, 1.165) is 55.4 Å². The first-order valence-electron chi connectivity index (χ1n) is 16.5. The van der Waals surface area contributed by atoms with Crippen LogP contribution in [0.1, 0.15) is 5.56 Å². The van der Waals surface area contributed by atoms with Crippen LogP contribution in [0.4, 0.5) is 0 Å². The van der Waals surface area contributed by atoms with Crippen LogP contribution in [0.25, 0.3) is 89.7 Å². The molecule has 0 bridgehead atoms. The van der Waals surface area contributed by atoms with Gasteiger partial charge in [-0.2, -0.15) is 5.26 Å². The number of benzene rings is 5. The molecular weight excluding hydrogens is 629 g/mol. The number of nitrogens with zero attached hydrogens (tertiary/aromatic N) is 6. The van der Waals surface area contributed by atoms with Crippen molar-refractivity contribution < 1.29 is 4.42 Å². The summed E-state index contributed by atoms with van der Waals surface area (Å²) in [7, 11) is 0. The topological polar surface area (TPSA) is 101 Å². The Balaban J connectivity index is 1.12. The summed E-state index contributed by atoms with van der Waals surface area (Å²) in [4.78, 5) is 24.0. The van der Waals surface area contributed by atoms with Crippen molar-refractivity contribution in [3.05, 3.63) is 164 Å². The molecule has 0 radical (unpaired) electrons. The van der Waals surface area contributed by atoms with E-state index in [4.69, 9.17) is 24.4 Å². The van der Waals surface area contributed by atoms with E-state index in [1.807, 2.05) is 84.9 Å². The van der Waals surface area contributed by atoms with Gasteiger partial charge >= 0.3 is 0 Å². The fourth-order valence-corrected chi connectivity index (χ4v) is 6.35. The zero-order chi connectivity index (χ0) is 34.1. The zero-order valence-electron chi connectivity index (χ0n) is 27.1. The molecule has 0 saturated heterocycles. The van der Waals surface area contributed by atoms with Gasteiger partial charge in [0, 0.05) is 40.0 Å². The van der Waals surface area contributed by atoms with Gasteiger partial charge in [0.05, 0.1) is 22.7 Å². The van der Waals surface area contributed by atoms with Gasteiger partial charge in [0.25, 0.3) is 0 Å². The Morgan fingerprint density at radius 2 is 1.12 bits per heavy atom. The van der Waals surface area contributed by atoms with Crippen LogP contribution in [0.15, 0.2) is 162 Å². The van der Waals surface area contributed by atoms with Crippen LogP contribution in [0.5, 0.6) is 0 Å². The first kappa shape index (κ1) is 29.8. The normalized spacial score (nSPS) is 11.1. The zero-order valence-corrected chi connectivity index (χ0v) is 27.1. The molecule has 0 amide bonds.